The number of benzene rings is 3. The van der Waals surface area contributed by atoms with Gasteiger partial charge in [0.05, 0.1) is 0 Å². The Morgan fingerprint density at radius 3 is 1.81 bits per heavy atom. The van der Waals surface area contributed by atoms with Crippen LogP contribution in [-0.4, -0.2) is 29.4 Å². The highest BCUT2D eigenvalue weighted by Gasteiger charge is 2.39. The summed E-state index contributed by atoms with van der Waals surface area (Å²) in [6.45, 7) is 16.9. The quantitative estimate of drug-likeness (QED) is 0.277. The summed E-state index contributed by atoms with van der Waals surface area (Å²) in [7, 11) is 0. The first kappa shape index (κ1) is 31.1. The fraction of sp³-hybridized carbons (Fsp3) is 0.429. The Kier molecular flexibility index (Phi) is 9.02. The average Bonchev–Trinajstić information content (AvgIpc) is 2.85. The fourth-order valence-electron chi connectivity index (χ4n) is 5.82. The van der Waals surface area contributed by atoms with Crippen molar-refractivity contribution in [3.05, 3.63) is 89.0 Å². The molecule has 0 atom stereocenters. The van der Waals surface area contributed by atoms with Crippen LogP contribution in [0.2, 0.25) is 0 Å². The molecule has 3 aromatic rings. The summed E-state index contributed by atoms with van der Waals surface area (Å²) in [6.07, 6.45) is 1.16. The van der Waals surface area contributed by atoms with Crippen molar-refractivity contribution in [2.45, 2.75) is 97.2 Å². The summed E-state index contributed by atoms with van der Waals surface area (Å²) in [5.41, 5.74) is 5.32. The van der Waals surface area contributed by atoms with Crippen molar-refractivity contribution in [2.75, 3.05) is 10.6 Å². The molecule has 7 heteroatoms. The maximum atomic E-state index is 12.6. The van der Waals surface area contributed by atoms with Crippen LogP contribution in [0, 0.1) is 6.92 Å². The van der Waals surface area contributed by atoms with Crippen LogP contribution in [0.15, 0.2) is 66.7 Å². The molecule has 2 amide bonds. The molecule has 42 heavy (non-hydrogen) atoms. The molecule has 1 heterocycles. The van der Waals surface area contributed by atoms with Gasteiger partial charge in [-0.3, -0.25) is 10.6 Å². The number of anilines is 2. The highest BCUT2D eigenvalue weighted by atomic mass is 16.6. The van der Waals surface area contributed by atoms with E-state index in [4.69, 9.17) is 9.47 Å². The molecular weight excluding hydrogens is 526 g/mol. The number of piperidine rings is 1. The zero-order valence-corrected chi connectivity index (χ0v) is 26.2. The fourth-order valence-corrected chi connectivity index (χ4v) is 5.82. The summed E-state index contributed by atoms with van der Waals surface area (Å²) >= 11 is 0. The zero-order chi connectivity index (χ0) is 30.7. The minimum Gasteiger partial charge on any atom is -0.446 e. The van der Waals surface area contributed by atoms with Gasteiger partial charge in [0.15, 0.2) is 0 Å². The Labute approximate surface area is 250 Å². The molecule has 0 bridgehead atoms. The number of hydrogen-bond donors (Lipinski definition) is 3. The van der Waals surface area contributed by atoms with Crippen LogP contribution in [0.5, 0.6) is 5.75 Å². The molecule has 1 aliphatic rings. The van der Waals surface area contributed by atoms with Gasteiger partial charge in [-0.25, -0.2) is 9.59 Å². The van der Waals surface area contributed by atoms with E-state index in [1.54, 1.807) is 0 Å². The number of carbonyl (C=O) groups excluding carboxylic acids is 2. The van der Waals surface area contributed by atoms with Crippen molar-refractivity contribution in [1.82, 2.24) is 5.32 Å². The standard InChI is InChI=1S/C35H45N3O4/c1-23-9-18-30(29(19-23)33(2,3)4)42-32(40)37-27-16-12-25(13-17-27)20-24-10-14-26(15-11-24)36-31(39)41-28-21-34(5,6)38-35(7,8)22-28/h9-19,28,38H,20-22H2,1-8H3,(H,36,39)(H,37,40). The van der Waals surface area contributed by atoms with Crippen molar-refractivity contribution in [2.24, 2.45) is 0 Å². The predicted molar refractivity (Wildman–Crippen MR) is 170 cm³/mol. The molecule has 7 nitrogen and oxygen atoms in total. The van der Waals surface area contributed by atoms with Crippen LogP contribution in [0.4, 0.5) is 21.0 Å². The van der Waals surface area contributed by atoms with Gasteiger partial charge in [-0.05, 0) is 87.9 Å². The van der Waals surface area contributed by atoms with Crippen molar-refractivity contribution < 1.29 is 19.1 Å². The monoisotopic (exact) mass is 571 g/mol. The molecule has 3 N–H and O–H groups in total. The summed E-state index contributed by atoms with van der Waals surface area (Å²) in [4.78, 5) is 25.2. The Balaban J connectivity index is 1.28. The SMILES string of the molecule is Cc1ccc(OC(=O)Nc2ccc(Cc3ccc(NC(=O)OC4CC(C)(C)NC(C)(C)C4)cc3)cc2)c(C(C)(C)C)c1. The van der Waals surface area contributed by atoms with Gasteiger partial charge in [-0.2, -0.15) is 0 Å². The lowest BCUT2D eigenvalue weighted by molar-refractivity contribution is 0.0256. The van der Waals surface area contributed by atoms with Crippen LogP contribution in [0.1, 0.15) is 83.6 Å². The van der Waals surface area contributed by atoms with E-state index in [0.717, 1.165) is 35.1 Å². The normalized spacial score (nSPS) is 16.4. The molecule has 0 spiro atoms. The zero-order valence-electron chi connectivity index (χ0n) is 26.2. The second-order valence-electron chi connectivity index (χ2n) is 13.8. The molecule has 224 valence electrons. The van der Waals surface area contributed by atoms with Crippen molar-refractivity contribution in [1.29, 1.82) is 0 Å². The molecule has 0 aliphatic carbocycles. The molecule has 0 unspecified atom stereocenters. The summed E-state index contributed by atoms with van der Waals surface area (Å²) < 4.78 is 11.4. The Bertz CT molecular complexity index is 1390. The third kappa shape index (κ3) is 8.83. The van der Waals surface area contributed by atoms with Crippen LogP contribution in [-0.2, 0) is 16.6 Å². The van der Waals surface area contributed by atoms with Crippen LogP contribution in [0.3, 0.4) is 0 Å². The number of amides is 2. The van der Waals surface area contributed by atoms with Crippen molar-refractivity contribution in [3.8, 4) is 5.75 Å². The molecule has 3 aromatic carbocycles. The van der Waals surface area contributed by atoms with Gasteiger partial charge in [-0.15, -0.1) is 0 Å². The second kappa shape index (κ2) is 12.2. The molecule has 0 radical (unpaired) electrons. The average molecular weight is 572 g/mol. The number of ether oxygens (including phenoxy) is 2. The first-order valence-corrected chi connectivity index (χ1v) is 14.6. The number of carbonyl (C=O) groups is 2. The van der Waals surface area contributed by atoms with Gasteiger partial charge in [0, 0.05) is 40.9 Å². The second-order valence-corrected chi connectivity index (χ2v) is 13.8. The molecule has 1 fully saturated rings. The number of aryl methyl sites for hydroxylation is 1. The number of hydrogen-bond acceptors (Lipinski definition) is 5. The topological polar surface area (TPSA) is 88.7 Å². The largest absolute Gasteiger partial charge is 0.446 e. The minimum absolute atomic E-state index is 0.0938. The van der Waals surface area contributed by atoms with E-state index in [1.165, 1.54) is 0 Å². The maximum absolute atomic E-state index is 12.6. The lowest BCUT2D eigenvalue weighted by Crippen LogP contribution is -2.59. The summed E-state index contributed by atoms with van der Waals surface area (Å²) in [5, 5.41) is 9.28. The van der Waals surface area contributed by atoms with Gasteiger partial charge in [0.1, 0.15) is 11.9 Å². The smallest absolute Gasteiger partial charge is 0.417 e. The van der Waals surface area contributed by atoms with E-state index in [9.17, 15) is 9.59 Å². The van der Waals surface area contributed by atoms with Crippen LogP contribution in [0.25, 0.3) is 0 Å². The first-order chi connectivity index (χ1) is 19.6. The van der Waals surface area contributed by atoms with Gasteiger partial charge < -0.3 is 14.8 Å². The summed E-state index contributed by atoms with van der Waals surface area (Å²) in [6, 6.07) is 21.3. The first-order valence-electron chi connectivity index (χ1n) is 14.6. The Morgan fingerprint density at radius 1 is 0.810 bits per heavy atom. The Morgan fingerprint density at radius 2 is 1.31 bits per heavy atom. The van der Waals surface area contributed by atoms with Crippen LogP contribution < -0.4 is 20.7 Å². The molecule has 0 saturated carbocycles. The highest BCUT2D eigenvalue weighted by molar-refractivity contribution is 5.86. The molecule has 1 aliphatic heterocycles. The van der Waals surface area contributed by atoms with E-state index in [-0.39, 0.29) is 22.6 Å². The lowest BCUT2D eigenvalue weighted by Gasteiger charge is -2.45. The Hall–Kier alpha value is -3.84. The molecule has 4 rings (SSSR count). The molecule has 1 saturated heterocycles. The third-order valence-corrected chi connectivity index (χ3v) is 7.38. The van der Waals surface area contributed by atoms with E-state index in [2.05, 4.69) is 70.5 Å². The number of nitrogens with one attached hydrogen (secondary N) is 3. The minimum atomic E-state index is -0.522. The van der Waals surface area contributed by atoms with E-state index in [1.807, 2.05) is 67.6 Å². The molecular formula is C35H45N3O4. The summed E-state index contributed by atoms with van der Waals surface area (Å²) in [5.74, 6) is 0.563. The molecule has 0 aromatic heterocycles. The van der Waals surface area contributed by atoms with E-state index < -0.39 is 12.2 Å². The van der Waals surface area contributed by atoms with E-state index >= 15 is 0 Å². The van der Waals surface area contributed by atoms with Crippen LogP contribution >= 0.6 is 0 Å². The number of rotatable bonds is 6. The van der Waals surface area contributed by atoms with Gasteiger partial charge >= 0.3 is 12.2 Å². The highest BCUT2D eigenvalue weighted by Crippen LogP contribution is 2.33. The lowest BCUT2D eigenvalue weighted by atomic mass is 9.81. The van der Waals surface area contributed by atoms with Gasteiger partial charge in [0.25, 0.3) is 0 Å². The van der Waals surface area contributed by atoms with E-state index in [0.29, 0.717) is 23.5 Å². The van der Waals surface area contributed by atoms with Crippen molar-refractivity contribution in [3.63, 3.8) is 0 Å². The van der Waals surface area contributed by atoms with Gasteiger partial charge in [-0.1, -0.05) is 62.7 Å². The van der Waals surface area contributed by atoms with Gasteiger partial charge in [0.2, 0.25) is 0 Å². The van der Waals surface area contributed by atoms with Crippen molar-refractivity contribution >= 4 is 23.6 Å². The predicted octanol–water partition coefficient (Wildman–Crippen LogP) is 8.35. The maximum Gasteiger partial charge on any atom is 0.417 e. The third-order valence-electron chi connectivity index (χ3n) is 7.38.